The van der Waals surface area contributed by atoms with E-state index in [1.54, 1.807) is 6.92 Å². The van der Waals surface area contributed by atoms with E-state index in [0.29, 0.717) is 42.2 Å². The minimum Gasteiger partial charge on any atom is -0.442 e. The zero-order valence-corrected chi connectivity index (χ0v) is 18.8. The second kappa shape index (κ2) is 10.6. The molecule has 3 aromatic rings. The number of morpholine rings is 1. The average molecular weight is 438 g/mol. The number of rotatable bonds is 9. The van der Waals surface area contributed by atoms with Gasteiger partial charge in [0.1, 0.15) is 17.9 Å². The highest BCUT2D eigenvalue weighted by atomic mass is 16.5. The molecule has 0 atom stereocenters. The van der Waals surface area contributed by atoms with E-state index in [2.05, 4.69) is 56.3 Å². The average Bonchev–Trinajstić information content (AvgIpc) is 3.18. The highest BCUT2D eigenvalue weighted by Gasteiger charge is 2.25. The zero-order chi connectivity index (χ0) is 22.3. The van der Waals surface area contributed by atoms with Crippen LogP contribution in [0.15, 0.2) is 41.1 Å². The summed E-state index contributed by atoms with van der Waals surface area (Å²) in [6.07, 6.45) is 2.36. The largest absolute Gasteiger partial charge is 0.442 e. The van der Waals surface area contributed by atoms with E-state index in [1.807, 2.05) is 6.07 Å². The highest BCUT2D eigenvalue weighted by molar-refractivity contribution is 6.10. The first-order valence-corrected chi connectivity index (χ1v) is 11.3. The Morgan fingerprint density at radius 2 is 1.97 bits per heavy atom. The third-order valence-corrected chi connectivity index (χ3v) is 5.81. The molecule has 0 bridgehead atoms. The van der Waals surface area contributed by atoms with Gasteiger partial charge in [-0.15, -0.1) is 0 Å². The molecule has 0 radical (unpaired) electrons. The van der Waals surface area contributed by atoms with Crippen LogP contribution < -0.4 is 10.2 Å². The van der Waals surface area contributed by atoms with Gasteiger partial charge in [-0.25, -0.2) is 9.97 Å². The van der Waals surface area contributed by atoms with Crippen molar-refractivity contribution in [3.05, 3.63) is 53.5 Å². The molecule has 0 aliphatic carbocycles. The van der Waals surface area contributed by atoms with Crippen LogP contribution in [-0.2, 0) is 11.3 Å². The van der Waals surface area contributed by atoms with Crippen molar-refractivity contribution in [2.75, 3.05) is 50.8 Å². The van der Waals surface area contributed by atoms with Crippen LogP contribution in [0.4, 0.5) is 5.82 Å². The Bertz CT molecular complexity index is 1030. The Kier molecular flexibility index (Phi) is 7.34. The summed E-state index contributed by atoms with van der Waals surface area (Å²) >= 11 is 0. The van der Waals surface area contributed by atoms with E-state index in [9.17, 15) is 4.79 Å². The Labute approximate surface area is 188 Å². The molecular weight excluding hydrogens is 406 g/mol. The normalized spacial score (nSPS) is 14.3. The van der Waals surface area contributed by atoms with Crippen LogP contribution in [0.2, 0.25) is 0 Å². The van der Waals surface area contributed by atoms with E-state index in [-0.39, 0.29) is 5.91 Å². The van der Waals surface area contributed by atoms with Crippen LogP contribution in [0.25, 0.3) is 11.1 Å². The number of hydrogen-bond donors (Lipinski definition) is 1. The first-order valence-electron chi connectivity index (χ1n) is 11.3. The molecular formula is C24H31N5O3. The molecule has 1 N–H and O–H groups in total. The summed E-state index contributed by atoms with van der Waals surface area (Å²) in [5.41, 5.74) is 2.28. The Morgan fingerprint density at radius 1 is 1.19 bits per heavy atom. The first-order chi connectivity index (χ1) is 15.7. The number of amides is 1. The van der Waals surface area contributed by atoms with Gasteiger partial charge in [-0.2, -0.15) is 0 Å². The molecule has 4 rings (SSSR count). The molecule has 3 heterocycles. The summed E-state index contributed by atoms with van der Waals surface area (Å²) in [7, 11) is 0. The molecule has 1 fully saturated rings. The van der Waals surface area contributed by atoms with E-state index >= 15 is 0 Å². The van der Waals surface area contributed by atoms with Crippen molar-refractivity contribution in [3.8, 4) is 0 Å². The van der Waals surface area contributed by atoms with Crippen LogP contribution in [0.5, 0.6) is 0 Å². The predicted molar refractivity (Wildman–Crippen MR) is 124 cm³/mol. The Balaban J connectivity index is 1.40. The number of aryl methyl sites for hydroxylation is 1. The number of hydrogen-bond acceptors (Lipinski definition) is 7. The molecule has 1 aliphatic heterocycles. The van der Waals surface area contributed by atoms with Gasteiger partial charge >= 0.3 is 0 Å². The first kappa shape index (κ1) is 22.2. The molecule has 8 nitrogen and oxygen atoms in total. The smallest absolute Gasteiger partial charge is 0.255 e. The van der Waals surface area contributed by atoms with Crippen molar-refractivity contribution >= 4 is 22.8 Å². The predicted octanol–water partition coefficient (Wildman–Crippen LogP) is 3.01. The number of nitrogens with one attached hydrogen (secondary N) is 1. The monoisotopic (exact) mass is 437 g/mol. The molecule has 2 aromatic heterocycles. The lowest BCUT2D eigenvalue weighted by Crippen LogP contribution is -2.37. The van der Waals surface area contributed by atoms with Crippen molar-refractivity contribution in [2.45, 2.75) is 26.8 Å². The number of fused-ring (bicyclic) bond motifs is 1. The molecule has 0 saturated carbocycles. The third kappa shape index (κ3) is 5.08. The number of carbonyl (C=O) groups is 1. The number of aromatic nitrogens is 2. The van der Waals surface area contributed by atoms with Crippen molar-refractivity contribution in [1.29, 1.82) is 0 Å². The summed E-state index contributed by atoms with van der Waals surface area (Å²) in [5, 5.41) is 3.75. The number of nitrogens with zero attached hydrogens (tertiary/aromatic N) is 4. The Morgan fingerprint density at radius 3 is 2.72 bits per heavy atom. The molecule has 1 aromatic carbocycles. The summed E-state index contributed by atoms with van der Waals surface area (Å²) in [5.74, 6) is 1.16. The minimum absolute atomic E-state index is 0.142. The van der Waals surface area contributed by atoms with Gasteiger partial charge in [-0.1, -0.05) is 37.3 Å². The molecule has 0 spiro atoms. The lowest BCUT2D eigenvalue weighted by atomic mass is 10.1. The number of benzene rings is 1. The van der Waals surface area contributed by atoms with Crippen molar-refractivity contribution < 1.29 is 13.9 Å². The van der Waals surface area contributed by atoms with Crippen LogP contribution in [0.1, 0.15) is 35.0 Å². The zero-order valence-electron chi connectivity index (χ0n) is 18.8. The van der Waals surface area contributed by atoms with Crippen molar-refractivity contribution in [1.82, 2.24) is 20.2 Å². The van der Waals surface area contributed by atoms with Gasteiger partial charge in [0.25, 0.3) is 5.91 Å². The van der Waals surface area contributed by atoms with Gasteiger partial charge in [0.15, 0.2) is 0 Å². The van der Waals surface area contributed by atoms with E-state index in [4.69, 9.17) is 9.15 Å². The molecule has 1 aliphatic rings. The highest BCUT2D eigenvalue weighted by Crippen LogP contribution is 2.31. The number of furan rings is 1. The molecule has 32 heavy (non-hydrogen) atoms. The fourth-order valence-corrected chi connectivity index (χ4v) is 4.10. The fraction of sp³-hybridized carbons (Fsp3) is 0.458. The SMILES string of the molecule is CCN(CCCNC(=O)c1c(C)oc2ncnc(N3CCOCC3)c12)Cc1ccccc1. The Hall–Kier alpha value is -2.97. The van der Waals surface area contributed by atoms with Crippen molar-refractivity contribution in [2.24, 2.45) is 0 Å². The summed E-state index contributed by atoms with van der Waals surface area (Å²) in [6.45, 7) is 10.1. The second-order valence-electron chi connectivity index (χ2n) is 7.97. The summed E-state index contributed by atoms with van der Waals surface area (Å²) in [6, 6.07) is 10.5. The van der Waals surface area contributed by atoms with E-state index < -0.39 is 0 Å². The molecule has 170 valence electrons. The molecule has 1 saturated heterocycles. The van der Waals surface area contributed by atoms with Gasteiger partial charge in [0, 0.05) is 32.7 Å². The van der Waals surface area contributed by atoms with E-state index in [0.717, 1.165) is 45.0 Å². The molecule has 1 amide bonds. The van der Waals surface area contributed by atoms with Crippen LogP contribution >= 0.6 is 0 Å². The summed E-state index contributed by atoms with van der Waals surface area (Å²) in [4.78, 5) is 26.3. The number of anilines is 1. The second-order valence-corrected chi connectivity index (χ2v) is 7.97. The molecule has 8 heteroatoms. The third-order valence-electron chi connectivity index (χ3n) is 5.81. The van der Waals surface area contributed by atoms with E-state index in [1.165, 1.54) is 11.9 Å². The maximum Gasteiger partial charge on any atom is 0.255 e. The minimum atomic E-state index is -0.142. The molecule has 0 unspecified atom stereocenters. The van der Waals surface area contributed by atoms with Gasteiger partial charge in [-0.3, -0.25) is 9.69 Å². The van der Waals surface area contributed by atoms with Gasteiger partial charge in [0.2, 0.25) is 5.71 Å². The maximum atomic E-state index is 13.1. The fourth-order valence-electron chi connectivity index (χ4n) is 4.10. The van der Waals surface area contributed by atoms with Crippen molar-refractivity contribution in [3.63, 3.8) is 0 Å². The van der Waals surface area contributed by atoms with Gasteiger partial charge in [0.05, 0.1) is 24.2 Å². The maximum absolute atomic E-state index is 13.1. The van der Waals surface area contributed by atoms with Crippen LogP contribution in [-0.4, -0.2) is 66.7 Å². The summed E-state index contributed by atoms with van der Waals surface area (Å²) < 4.78 is 11.3. The van der Waals surface area contributed by atoms with Gasteiger partial charge < -0.3 is 19.4 Å². The van der Waals surface area contributed by atoms with Gasteiger partial charge in [-0.05, 0) is 25.5 Å². The number of ether oxygens (including phenoxy) is 1. The lowest BCUT2D eigenvalue weighted by molar-refractivity contribution is 0.0951. The number of carbonyl (C=O) groups excluding carboxylic acids is 1. The quantitative estimate of drug-likeness (QED) is 0.515. The van der Waals surface area contributed by atoms with Crippen LogP contribution in [0, 0.1) is 6.92 Å². The standard InChI is InChI=1S/C24H31N5O3/c1-3-28(16-19-8-5-4-6-9-19)11-7-10-25-23(30)20-18(2)32-24-21(20)22(26-17-27-24)29-12-14-31-15-13-29/h4-6,8-9,17H,3,7,10-16H2,1-2H3,(H,25,30). The lowest BCUT2D eigenvalue weighted by Gasteiger charge is -2.28. The van der Waals surface area contributed by atoms with Crippen LogP contribution in [0.3, 0.4) is 0 Å². The topological polar surface area (TPSA) is 83.7 Å².